The highest BCUT2D eigenvalue weighted by molar-refractivity contribution is 7.71. The first-order valence-electron chi connectivity index (χ1n) is 9.03. The Morgan fingerprint density at radius 1 is 1.24 bits per heavy atom. The fourth-order valence-corrected chi connectivity index (χ4v) is 4.29. The number of benzene rings is 1. The fraction of sp³-hybridized carbons (Fsp3) is 0.556. The molecule has 0 unspecified atom stereocenters. The zero-order chi connectivity index (χ0) is 17.6. The Hall–Kier alpha value is -1.37. The molecule has 0 spiro atoms. The minimum absolute atomic E-state index is 0.596. The summed E-state index contributed by atoms with van der Waals surface area (Å²) in [6.07, 6.45) is 2.48. The van der Waals surface area contributed by atoms with Crippen molar-refractivity contribution in [2.24, 2.45) is 0 Å². The van der Waals surface area contributed by atoms with E-state index in [1.54, 1.807) is 0 Å². The van der Waals surface area contributed by atoms with Crippen LogP contribution in [0.4, 0.5) is 5.69 Å². The van der Waals surface area contributed by atoms with Crippen LogP contribution in [0.3, 0.4) is 0 Å². The third-order valence-electron chi connectivity index (χ3n) is 5.31. The summed E-state index contributed by atoms with van der Waals surface area (Å²) in [5, 5.41) is 5.50. The lowest BCUT2D eigenvalue weighted by Gasteiger charge is -2.34. The van der Waals surface area contributed by atoms with Crippen molar-refractivity contribution >= 4 is 29.5 Å². The Labute approximate surface area is 158 Å². The maximum atomic E-state index is 6.18. The van der Waals surface area contributed by atoms with E-state index in [1.807, 2.05) is 10.7 Å². The van der Waals surface area contributed by atoms with E-state index >= 15 is 0 Å². The number of nitrogens with one attached hydrogen (secondary N) is 1. The largest absolute Gasteiger partial charge is 0.360 e. The highest BCUT2D eigenvalue weighted by Crippen LogP contribution is 2.35. The Morgan fingerprint density at radius 2 is 1.96 bits per heavy atom. The molecule has 1 aliphatic carbocycles. The standard InChI is InChI=1S/C18H24ClN5S/c1-13-3-4-15(19)11-17(13)22-9-7-21(8-10-22)12-23-18(25)24(14(2)20-23)16-5-6-16/h3-4,11,16H,5-10,12H2,1-2H3/p+1. The number of rotatable bonds is 4. The van der Waals surface area contributed by atoms with Crippen LogP contribution in [0.5, 0.6) is 0 Å². The van der Waals surface area contributed by atoms with Gasteiger partial charge in [-0.1, -0.05) is 17.7 Å². The highest BCUT2D eigenvalue weighted by Gasteiger charge is 2.28. The van der Waals surface area contributed by atoms with E-state index in [4.69, 9.17) is 28.9 Å². The first kappa shape index (κ1) is 17.1. The van der Waals surface area contributed by atoms with Crippen molar-refractivity contribution in [2.45, 2.75) is 39.4 Å². The molecule has 4 rings (SSSR count). The minimum atomic E-state index is 0.596. The predicted octanol–water partition coefficient (Wildman–Crippen LogP) is 2.38. The molecule has 0 atom stereocenters. The lowest BCUT2D eigenvalue weighted by molar-refractivity contribution is -0.924. The molecule has 1 aromatic carbocycles. The van der Waals surface area contributed by atoms with Gasteiger partial charge in [0.15, 0.2) is 6.67 Å². The molecule has 1 saturated carbocycles. The molecule has 0 amide bonds. The van der Waals surface area contributed by atoms with E-state index in [0.29, 0.717) is 6.04 Å². The van der Waals surface area contributed by atoms with Crippen LogP contribution in [0.1, 0.15) is 30.3 Å². The van der Waals surface area contributed by atoms with Gasteiger partial charge in [-0.05, 0) is 56.6 Å². The Morgan fingerprint density at radius 3 is 2.64 bits per heavy atom. The quantitative estimate of drug-likeness (QED) is 0.828. The number of hydrogen-bond acceptors (Lipinski definition) is 3. The van der Waals surface area contributed by atoms with Crippen LogP contribution in [-0.2, 0) is 6.67 Å². The number of halogens is 1. The number of anilines is 1. The molecule has 1 N–H and O–H groups in total. The lowest BCUT2D eigenvalue weighted by atomic mass is 10.1. The van der Waals surface area contributed by atoms with Gasteiger partial charge >= 0.3 is 0 Å². The van der Waals surface area contributed by atoms with Crippen LogP contribution in [0.25, 0.3) is 0 Å². The van der Waals surface area contributed by atoms with Crippen molar-refractivity contribution < 1.29 is 4.90 Å². The smallest absolute Gasteiger partial charge is 0.203 e. The van der Waals surface area contributed by atoms with Crippen LogP contribution >= 0.6 is 23.8 Å². The summed E-state index contributed by atoms with van der Waals surface area (Å²) >= 11 is 11.8. The molecule has 1 aliphatic heterocycles. The van der Waals surface area contributed by atoms with E-state index in [-0.39, 0.29) is 0 Å². The third kappa shape index (κ3) is 3.48. The Bertz CT molecular complexity index is 830. The van der Waals surface area contributed by atoms with Crippen LogP contribution in [0.2, 0.25) is 5.02 Å². The molecule has 134 valence electrons. The summed E-state index contributed by atoms with van der Waals surface area (Å²) in [6, 6.07) is 6.74. The van der Waals surface area contributed by atoms with Crippen LogP contribution < -0.4 is 9.80 Å². The van der Waals surface area contributed by atoms with Gasteiger partial charge in [0.2, 0.25) is 4.77 Å². The van der Waals surface area contributed by atoms with Crippen molar-refractivity contribution in [1.29, 1.82) is 0 Å². The van der Waals surface area contributed by atoms with Crippen LogP contribution in [0.15, 0.2) is 18.2 Å². The van der Waals surface area contributed by atoms with Crippen molar-refractivity contribution in [3.05, 3.63) is 39.4 Å². The van der Waals surface area contributed by atoms with E-state index < -0.39 is 0 Å². The molecule has 2 heterocycles. The van der Waals surface area contributed by atoms with Crippen molar-refractivity contribution in [1.82, 2.24) is 14.3 Å². The second kappa shape index (κ2) is 6.74. The van der Waals surface area contributed by atoms with Gasteiger partial charge in [-0.2, -0.15) is 9.78 Å². The summed E-state index contributed by atoms with van der Waals surface area (Å²) < 4.78 is 5.15. The summed E-state index contributed by atoms with van der Waals surface area (Å²) in [5.74, 6) is 1.06. The molecular weight excluding hydrogens is 354 g/mol. The first-order valence-corrected chi connectivity index (χ1v) is 9.82. The number of piperazine rings is 1. The summed E-state index contributed by atoms with van der Waals surface area (Å²) in [5.41, 5.74) is 2.55. The molecule has 25 heavy (non-hydrogen) atoms. The molecule has 2 aliphatic rings. The SMILES string of the molecule is Cc1ccc(Cl)cc1N1CC[NH+](Cn2nc(C)n(C3CC3)c2=S)CC1. The van der Waals surface area contributed by atoms with Gasteiger partial charge in [0.05, 0.1) is 26.2 Å². The number of nitrogens with zero attached hydrogens (tertiary/aromatic N) is 4. The number of aromatic nitrogens is 3. The van der Waals surface area contributed by atoms with Crippen molar-refractivity contribution in [2.75, 3.05) is 31.1 Å². The van der Waals surface area contributed by atoms with E-state index in [2.05, 4.69) is 35.4 Å². The monoisotopic (exact) mass is 378 g/mol. The van der Waals surface area contributed by atoms with Gasteiger partial charge in [-0.15, -0.1) is 0 Å². The average molecular weight is 379 g/mol. The van der Waals surface area contributed by atoms with Crippen LogP contribution in [-0.4, -0.2) is 40.5 Å². The van der Waals surface area contributed by atoms with Crippen LogP contribution in [0, 0.1) is 18.6 Å². The molecule has 2 aromatic rings. The van der Waals surface area contributed by atoms with Gasteiger partial charge in [0.1, 0.15) is 5.82 Å². The van der Waals surface area contributed by atoms with Crippen molar-refractivity contribution in [3.8, 4) is 0 Å². The molecule has 0 bridgehead atoms. The molecule has 5 nitrogen and oxygen atoms in total. The fourth-order valence-electron chi connectivity index (χ4n) is 3.74. The second-order valence-electron chi connectivity index (χ2n) is 7.26. The number of quaternary nitrogens is 1. The molecule has 0 radical (unpaired) electrons. The molecule has 1 aromatic heterocycles. The van der Waals surface area contributed by atoms with Gasteiger partial charge in [0.25, 0.3) is 0 Å². The predicted molar refractivity (Wildman–Crippen MR) is 103 cm³/mol. The minimum Gasteiger partial charge on any atom is -0.360 e. The lowest BCUT2D eigenvalue weighted by Crippen LogP contribution is -3.14. The molecule has 7 heteroatoms. The van der Waals surface area contributed by atoms with E-state index in [9.17, 15) is 0 Å². The van der Waals surface area contributed by atoms with E-state index in [1.165, 1.54) is 29.0 Å². The number of hydrogen-bond donors (Lipinski definition) is 1. The molecule has 2 fully saturated rings. The van der Waals surface area contributed by atoms with Gasteiger partial charge in [-0.3, -0.25) is 0 Å². The average Bonchev–Trinajstić information content (AvgIpc) is 3.38. The number of aryl methyl sites for hydroxylation is 2. The van der Waals surface area contributed by atoms with Gasteiger partial charge in [-0.25, -0.2) is 0 Å². The Balaban J connectivity index is 1.42. The highest BCUT2D eigenvalue weighted by atomic mass is 35.5. The van der Waals surface area contributed by atoms with Crippen molar-refractivity contribution in [3.63, 3.8) is 0 Å². The van der Waals surface area contributed by atoms with E-state index in [0.717, 1.165) is 48.5 Å². The zero-order valence-electron chi connectivity index (χ0n) is 14.8. The summed E-state index contributed by atoms with van der Waals surface area (Å²) in [4.78, 5) is 3.98. The summed E-state index contributed by atoms with van der Waals surface area (Å²) in [7, 11) is 0. The van der Waals surface area contributed by atoms with Gasteiger partial charge in [0, 0.05) is 16.8 Å². The zero-order valence-corrected chi connectivity index (χ0v) is 16.4. The third-order valence-corrected chi connectivity index (χ3v) is 5.95. The molecule has 1 saturated heterocycles. The summed E-state index contributed by atoms with van der Waals surface area (Å²) in [6.45, 7) is 9.32. The maximum Gasteiger partial charge on any atom is 0.203 e. The first-order chi connectivity index (χ1) is 12.0. The normalized spacial score (nSPS) is 18.8. The maximum absolute atomic E-state index is 6.18. The molecular formula is C18H25ClN5S+. The van der Waals surface area contributed by atoms with Gasteiger partial charge < -0.3 is 14.4 Å². The second-order valence-corrected chi connectivity index (χ2v) is 8.06. The topological polar surface area (TPSA) is 30.4 Å². The Kier molecular flexibility index (Phi) is 4.60.